The average molecular weight is 269 g/mol. The Balaban J connectivity index is 2.30. The van der Waals surface area contributed by atoms with Crippen molar-refractivity contribution in [1.82, 2.24) is 5.32 Å². The fourth-order valence-corrected chi connectivity index (χ4v) is 2.56. The quantitative estimate of drug-likeness (QED) is 0.850. The molecule has 0 aromatic heterocycles. The van der Waals surface area contributed by atoms with Gasteiger partial charge in [-0.15, -0.1) is 0 Å². The van der Waals surface area contributed by atoms with Crippen LogP contribution in [0.1, 0.15) is 38.3 Å². The van der Waals surface area contributed by atoms with Gasteiger partial charge in [-0.1, -0.05) is 13.8 Å². The molecule has 3 atom stereocenters. The van der Waals surface area contributed by atoms with Crippen LogP contribution in [0.4, 0.5) is 8.78 Å². The molecule has 1 aromatic rings. The van der Waals surface area contributed by atoms with E-state index < -0.39 is 11.6 Å². The third kappa shape index (κ3) is 3.06. The number of hydrogen-bond acceptors (Lipinski definition) is 2. The summed E-state index contributed by atoms with van der Waals surface area (Å²) in [7, 11) is 1.41. The highest BCUT2D eigenvalue weighted by Gasteiger charge is 2.42. The lowest BCUT2D eigenvalue weighted by atomic mass is 9.99. The molecule has 3 unspecified atom stereocenters. The SMILES string of the molecule is CCCNC(c1c(F)cc(OC)cc1F)C1CC1C. The summed E-state index contributed by atoms with van der Waals surface area (Å²) in [4.78, 5) is 0. The lowest BCUT2D eigenvalue weighted by Gasteiger charge is -2.21. The Bertz CT molecular complexity index is 427. The first-order valence-electron chi connectivity index (χ1n) is 6.84. The largest absolute Gasteiger partial charge is 0.497 e. The molecule has 0 saturated heterocycles. The molecule has 1 aliphatic rings. The second kappa shape index (κ2) is 5.87. The highest BCUT2D eigenvalue weighted by Crippen LogP contribution is 2.48. The van der Waals surface area contributed by atoms with Gasteiger partial charge in [0.05, 0.1) is 7.11 Å². The maximum Gasteiger partial charge on any atom is 0.134 e. The van der Waals surface area contributed by atoms with Crippen LogP contribution in [0.2, 0.25) is 0 Å². The van der Waals surface area contributed by atoms with E-state index in [9.17, 15) is 8.78 Å². The van der Waals surface area contributed by atoms with E-state index in [-0.39, 0.29) is 17.4 Å². The minimum Gasteiger partial charge on any atom is -0.497 e. The van der Waals surface area contributed by atoms with Crippen LogP contribution in [0.3, 0.4) is 0 Å². The number of ether oxygens (including phenoxy) is 1. The average Bonchev–Trinajstić information content (AvgIpc) is 3.09. The van der Waals surface area contributed by atoms with Gasteiger partial charge in [-0.3, -0.25) is 0 Å². The van der Waals surface area contributed by atoms with Crippen LogP contribution in [-0.4, -0.2) is 13.7 Å². The zero-order chi connectivity index (χ0) is 14.0. The summed E-state index contributed by atoms with van der Waals surface area (Å²) >= 11 is 0. The van der Waals surface area contributed by atoms with Crippen LogP contribution in [0, 0.1) is 23.5 Å². The number of methoxy groups -OCH3 is 1. The summed E-state index contributed by atoms with van der Waals surface area (Å²) in [5.41, 5.74) is 0.156. The van der Waals surface area contributed by atoms with Gasteiger partial charge in [0.1, 0.15) is 17.4 Å². The van der Waals surface area contributed by atoms with Crippen molar-refractivity contribution in [3.05, 3.63) is 29.3 Å². The van der Waals surface area contributed by atoms with Crippen molar-refractivity contribution in [1.29, 1.82) is 0 Å². The van der Waals surface area contributed by atoms with Crippen molar-refractivity contribution in [2.24, 2.45) is 11.8 Å². The number of hydrogen-bond donors (Lipinski definition) is 1. The number of nitrogens with one attached hydrogen (secondary N) is 1. The molecule has 1 aliphatic carbocycles. The normalized spacial score (nSPS) is 23.2. The molecule has 2 rings (SSSR count). The van der Waals surface area contributed by atoms with E-state index in [1.54, 1.807) is 0 Å². The van der Waals surface area contributed by atoms with Crippen LogP contribution in [0.15, 0.2) is 12.1 Å². The predicted molar refractivity (Wildman–Crippen MR) is 71.2 cm³/mol. The zero-order valence-electron chi connectivity index (χ0n) is 11.7. The molecule has 19 heavy (non-hydrogen) atoms. The molecule has 0 heterocycles. The van der Waals surface area contributed by atoms with Crippen LogP contribution in [0.25, 0.3) is 0 Å². The summed E-state index contributed by atoms with van der Waals surface area (Å²) in [5, 5.41) is 3.28. The Kier molecular flexibility index (Phi) is 4.40. The lowest BCUT2D eigenvalue weighted by molar-refractivity contribution is 0.391. The molecule has 106 valence electrons. The van der Waals surface area contributed by atoms with Crippen molar-refractivity contribution in [3.8, 4) is 5.75 Å². The molecular weight excluding hydrogens is 248 g/mol. The van der Waals surface area contributed by atoms with Gasteiger partial charge in [0.25, 0.3) is 0 Å². The Morgan fingerprint density at radius 3 is 2.37 bits per heavy atom. The monoisotopic (exact) mass is 269 g/mol. The van der Waals surface area contributed by atoms with Gasteiger partial charge in [0.15, 0.2) is 0 Å². The Morgan fingerprint density at radius 2 is 1.95 bits per heavy atom. The van der Waals surface area contributed by atoms with E-state index in [1.807, 2.05) is 6.92 Å². The number of halogens is 2. The van der Waals surface area contributed by atoms with Crippen molar-refractivity contribution < 1.29 is 13.5 Å². The molecule has 2 nitrogen and oxygen atoms in total. The minimum absolute atomic E-state index is 0.156. The molecule has 0 spiro atoms. The van der Waals surface area contributed by atoms with Gasteiger partial charge in [0, 0.05) is 23.7 Å². The molecule has 0 radical (unpaired) electrons. The molecule has 0 aliphatic heterocycles. The minimum atomic E-state index is -0.524. The highest BCUT2D eigenvalue weighted by atomic mass is 19.1. The topological polar surface area (TPSA) is 21.3 Å². The first-order chi connectivity index (χ1) is 9.08. The van der Waals surface area contributed by atoms with Crippen molar-refractivity contribution in [3.63, 3.8) is 0 Å². The summed E-state index contributed by atoms with van der Waals surface area (Å²) in [6, 6.07) is 2.28. The summed E-state index contributed by atoms with van der Waals surface area (Å²) in [6.07, 6.45) is 1.96. The van der Waals surface area contributed by atoms with Gasteiger partial charge in [-0.05, 0) is 31.2 Å². The van der Waals surface area contributed by atoms with E-state index >= 15 is 0 Å². The highest BCUT2D eigenvalue weighted by molar-refractivity contribution is 5.33. The van der Waals surface area contributed by atoms with Crippen molar-refractivity contribution in [2.45, 2.75) is 32.7 Å². The van der Waals surface area contributed by atoms with E-state index in [4.69, 9.17) is 4.74 Å². The molecule has 1 saturated carbocycles. The fraction of sp³-hybridized carbons (Fsp3) is 0.600. The summed E-state index contributed by atoms with van der Waals surface area (Å²) in [5.74, 6) is 0.0187. The number of benzene rings is 1. The Hall–Kier alpha value is -1.16. The van der Waals surface area contributed by atoms with Crippen LogP contribution in [0.5, 0.6) is 5.75 Å². The third-order valence-electron chi connectivity index (χ3n) is 3.81. The van der Waals surface area contributed by atoms with Crippen LogP contribution < -0.4 is 10.1 Å². The third-order valence-corrected chi connectivity index (χ3v) is 3.81. The molecule has 1 fully saturated rings. The maximum atomic E-state index is 14.1. The maximum absolute atomic E-state index is 14.1. The van der Waals surface area contributed by atoms with Crippen LogP contribution in [-0.2, 0) is 0 Å². The van der Waals surface area contributed by atoms with E-state index in [0.717, 1.165) is 19.4 Å². The van der Waals surface area contributed by atoms with E-state index in [2.05, 4.69) is 12.2 Å². The summed E-state index contributed by atoms with van der Waals surface area (Å²) in [6.45, 7) is 4.92. The molecule has 1 aromatic carbocycles. The molecular formula is C15H21F2NO. The van der Waals surface area contributed by atoms with Gasteiger partial charge in [-0.2, -0.15) is 0 Å². The van der Waals surface area contributed by atoms with Crippen molar-refractivity contribution in [2.75, 3.05) is 13.7 Å². The Morgan fingerprint density at radius 1 is 1.37 bits per heavy atom. The predicted octanol–water partition coefficient (Wildman–Crippen LogP) is 3.67. The van der Waals surface area contributed by atoms with E-state index in [0.29, 0.717) is 11.8 Å². The summed E-state index contributed by atoms with van der Waals surface area (Å²) < 4.78 is 33.1. The molecule has 0 bridgehead atoms. The van der Waals surface area contributed by atoms with E-state index in [1.165, 1.54) is 19.2 Å². The fourth-order valence-electron chi connectivity index (χ4n) is 2.56. The van der Waals surface area contributed by atoms with Crippen LogP contribution >= 0.6 is 0 Å². The van der Waals surface area contributed by atoms with Gasteiger partial charge >= 0.3 is 0 Å². The standard InChI is InChI=1S/C15H21F2NO/c1-4-5-18-15(11-6-9(11)2)14-12(16)7-10(19-3)8-13(14)17/h7-9,11,15,18H,4-6H2,1-3H3. The molecule has 4 heteroatoms. The first kappa shape index (κ1) is 14.3. The smallest absolute Gasteiger partial charge is 0.134 e. The Labute approximate surface area is 113 Å². The van der Waals surface area contributed by atoms with Gasteiger partial charge in [-0.25, -0.2) is 8.78 Å². The van der Waals surface area contributed by atoms with Crippen molar-refractivity contribution >= 4 is 0 Å². The second-order valence-corrected chi connectivity index (χ2v) is 5.31. The zero-order valence-corrected chi connectivity index (χ0v) is 11.7. The number of rotatable bonds is 6. The molecule has 1 N–H and O–H groups in total. The first-order valence-corrected chi connectivity index (χ1v) is 6.84. The van der Waals surface area contributed by atoms with Gasteiger partial charge < -0.3 is 10.1 Å². The molecule has 0 amide bonds. The second-order valence-electron chi connectivity index (χ2n) is 5.31. The lowest BCUT2D eigenvalue weighted by Crippen LogP contribution is -2.26. The van der Waals surface area contributed by atoms with Gasteiger partial charge in [0.2, 0.25) is 0 Å².